The van der Waals surface area contributed by atoms with Gasteiger partial charge in [-0.05, 0) is 53.2 Å². The van der Waals surface area contributed by atoms with Crippen LogP contribution in [0.25, 0.3) is 11.6 Å². The fraction of sp³-hybridized carbons (Fsp3) is 0.300. The normalized spacial score (nSPS) is 19.2. The average Bonchev–Trinajstić information content (AvgIpc) is 2.53. The van der Waals surface area contributed by atoms with Crippen molar-refractivity contribution < 1.29 is 8.42 Å². The van der Waals surface area contributed by atoms with Crippen molar-refractivity contribution in [1.29, 1.82) is 0 Å². The number of fused-ring (bicyclic) bond motifs is 1. The Hall–Kier alpha value is -1.87. The molecular weight excluding hydrogens is 304 g/mol. The van der Waals surface area contributed by atoms with Crippen molar-refractivity contribution in [2.45, 2.75) is 37.5 Å². The van der Waals surface area contributed by atoms with Crippen LogP contribution in [0.1, 0.15) is 43.9 Å². The lowest BCUT2D eigenvalue weighted by molar-refractivity contribution is 0.473. The Bertz CT molecular complexity index is 860. The van der Waals surface area contributed by atoms with E-state index in [2.05, 4.69) is 39.0 Å². The number of rotatable bonds is 2. The van der Waals surface area contributed by atoms with Gasteiger partial charge in [-0.2, -0.15) is 0 Å². The van der Waals surface area contributed by atoms with Crippen LogP contribution in [0.2, 0.25) is 0 Å². The van der Waals surface area contributed by atoms with Gasteiger partial charge in [-0.1, -0.05) is 56.3 Å². The molecule has 0 radical (unpaired) electrons. The second-order valence-corrected chi connectivity index (χ2v) is 8.98. The zero-order valence-electron chi connectivity index (χ0n) is 13.8. The minimum Gasteiger partial charge on any atom is -0.224 e. The predicted octanol–water partition coefficient (Wildman–Crippen LogP) is 4.70. The predicted molar refractivity (Wildman–Crippen MR) is 96.1 cm³/mol. The first-order valence-corrected chi connectivity index (χ1v) is 9.56. The first-order valence-electron chi connectivity index (χ1n) is 7.91. The average molecular weight is 326 g/mol. The molecule has 1 aliphatic rings. The lowest BCUT2D eigenvalue weighted by Gasteiger charge is -2.32. The highest BCUT2D eigenvalue weighted by Crippen LogP contribution is 2.39. The highest BCUT2D eigenvalue weighted by Gasteiger charge is 2.35. The molecule has 2 nitrogen and oxygen atoms in total. The minimum absolute atomic E-state index is 0.106. The molecule has 1 heterocycles. The highest BCUT2D eigenvalue weighted by molar-refractivity contribution is 7.91. The van der Waals surface area contributed by atoms with Crippen LogP contribution in [-0.2, 0) is 15.3 Å². The first kappa shape index (κ1) is 16.0. The lowest BCUT2D eigenvalue weighted by Crippen LogP contribution is -2.30. The second-order valence-electron chi connectivity index (χ2n) is 6.90. The van der Waals surface area contributed by atoms with Crippen LogP contribution in [0.5, 0.6) is 0 Å². The van der Waals surface area contributed by atoms with Gasteiger partial charge >= 0.3 is 0 Å². The van der Waals surface area contributed by atoms with Gasteiger partial charge in [0.2, 0.25) is 0 Å². The number of hydrogen-bond donors (Lipinski definition) is 0. The molecule has 0 saturated carbocycles. The number of allylic oxidation sites excluding steroid dienone is 1. The Morgan fingerprint density at radius 3 is 2.48 bits per heavy atom. The summed E-state index contributed by atoms with van der Waals surface area (Å²) in [4.78, 5) is 0.503. The molecule has 120 valence electrons. The quantitative estimate of drug-likeness (QED) is 0.750. The molecule has 2 aromatic carbocycles. The second kappa shape index (κ2) is 5.64. The van der Waals surface area contributed by atoms with E-state index in [0.717, 1.165) is 11.1 Å². The summed E-state index contributed by atoms with van der Waals surface area (Å²) in [7, 11) is -3.13. The van der Waals surface area contributed by atoms with E-state index in [1.807, 2.05) is 30.3 Å². The minimum atomic E-state index is -3.13. The maximum atomic E-state index is 12.3. The summed E-state index contributed by atoms with van der Waals surface area (Å²) in [5.74, 6) is 0.241. The fourth-order valence-electron chi connectivity index (χ4n) is 3.11. The van der Waals surface area contributed by atoms with Crippen LogP contribution in [-0.4, -0.2) is 14.2 Å². The molecule has 0 amide bonds. The van der Waals surface area contributed by atoms with Crippen LogP contribution in [0.4, 0.5) is 0 Å². The third kappa shape index (κ3) is 3.11. The monoisotopic (exact) mass is 326 g/mol. The van der Waals surface area contributed by atoms with Crippen molar-refractivity contribution in [2.75, 3.05) is 5.75 Å². The summed E-state index contributed by atoms with van der Waals surface area (Å²) in [5, 5.41) is 0. The molecule has 0 N–H and O–H groups in total. The molecule has 0 bridgehead atoms. The van der Waals surface area contributed by atoms with E-state index in [4.69, 9.17) is 0 Å². The smallest absolute Gasteiger partial charge is 0.178 e. The fourth-order valence-corrected chi connectivity index (χ4v) is 5.05. The van der Waals surface area contributed by atoms with Gasteiger partial charge in [0.05, 0.1) is 10.6 Å². The molecule has 3 heteroatoms. The Kier molecular flexibility index (Phi) is 3.93. The molecule has 0 saturated heterocycles. The Balaban J connectivity index is 2.08. The Morgan fingerprint density at radius 1 is 1.09 bits per heavy atom. The van der Waals surface area contributed by atoms with Crippen LogP contribution in [0.3, 0.4) is 0 Å². The molecular formula is C20H22O2S. The summed E-state index contributed by atoms with van der Waals surface area (Å²) in [6, 6.07) is 15.9. The summed E-state index contributed by atoms with van der Waals surface area (Å²) in [6.07, 6.45) is 2.79. The molecule has 0 atom stereocenters. The van der Waals surface area contributed by atoms with Gasteiger partial charge in [0.15, 0.2) is 9.84 Å². The third-order valence-electron chi connectivity index (χ3n) is 4.68. The molecule has 3 rings (SSSR count). The van der Waals surface area contributed by atoms with Gasteiger partial charge in [0, 0.05) is 0 Å². The van der Waals surface area contributed by atoms with E-state index in [-0.39, 0.29) is 11.2 Å². The Labute approximate surface area is 138 Å². The van der Waals surface area contributed by atoms with Gasteiger partial charge in [0.1, 0.15) is 0 Å². The number of sulfone groups is 1. The zero-order valence-corrected chi connectivity index (χ0v) is 14.7. The highest BCUT2D eigenvalue weighted by atomic mass is 32.2. The molecule has 23 heavy (non-hydrogen) atoms. The van der Waals surface area contributed by atoms with Gasteiger partial charge in [-0.15, -0.1) is 0 Å². The molecule has 0 aromatic heterocycles. The van der Waals surface area contributed by atoms with Crippen molar-refractivity contribution in [3.63, 3.8) is 0 Å². The molecule has 2 aromatic rings. The van der Waals surface area contributed by atoms with E-state index >= 15 is 0 Å². The third-order valence-corrected chi connectivity index (χ3v) is 6.44. The topological polar surface area (TPSA) is 34.1 Å². The van der Waals surface area contributed by atoms with E-state index in [9.17, 15) is 8.42 Å². The van der Waals surface area contributed by atoms with Crippen LogP contribution in [0.15, 0.2) is 53.4 Å². The summed E-state index contributed by atoms with van der Waals surface area (Å²) < 4.78 is 24.6. The Morgan fingerprint density at radius 2 is 1.78 bits per heavy atom. The molecule has 1 aliphatic heterocycles. The van der Waals surface area contributed by atoms with E-state index in [1.165, 1.54) is 11.1 Å². The number of hydrogen-bond acceptors (Lipinski definition) is 2. The van der Waals surface area contributed by atoms with Crippen LogP contribution >= 0.6 is 0 Å². The lowest BCUT2D eigenvalue weighted by atomic mass is 9.81. The van der Waals surface area contributed by atoms with Crippen LogP contribution in [0, 0.1) is 0 Å². The standard InChI is InChI=1S/C20H22O2S/c1-15(17-7-5-4-6-8-17)13-16-9-10-19-18(14-16)20(2,3)11-12-23(19,21)22/h4-10,13-14H,11-12H2,1-3H3. The largest absolute Gasteiger partial charge is 0.224 e. The van der Waals surface area contributed by atoms with Gasteiger partial charge in [-0.25, -0.2) is 8.42 Å². The van der Waals surface area contributed by atoms with E-state index < -0.39 is 9.84 Å². The number of benzene rings is 2. The molecule has 0 unspecified atom stereocenters. The zero-order chi connectivity index (χ0) is 16.7. The van der Waals surface area contributed by atoms with Crippen molar-refractivity contribution in [3.05, 3.63) is 65.2 Å². The summed E-state index contributed by atoms with van der Waals surface area (Å²) >= 11 is 0. The van der Waals surface area contributed by atoms with Crippen molar-refractivity contribution in [2.24, 2.45) is 0 Å². The van der Waals surface area contributed by atoms with Gasteiger partial charge in [0.25, 0.3) is 0 Å². The maximum Gasteiger partial charge on any atom is 0.178 e. The molecule has 0 fully saturated rings. The van der Waals surface area contributed by atoms with Crippen molar-refractivity contribution in [1.82, 2.24) is 0 Å². The van der Waals surface area contributed by atoms with Gasteiger partial charge in [-0.3, -0.25) is 0 Å². The summed E-state index contributed by atoms with van der Waals surface area (Å²) in [6.45, 7) is 6.33. The van der Waals surface area contributed by atoms with Crippen molar-refractivity contribution in [3.8, 4) is 0 Å². The first-order chi connectivity index (χ1) is 10.8. The molecule has 0 spiro atoms. The van der Waals surface area contributed by atoms with Gasteiger partial charge < -0.3 is 0 Å². The maximum absolute atomic E-state index is 12.3. The van der Waals surface area contributed by atoms with E-state index in [0.29, 0.717) is 11.3 Å². The SMILES string of the molecule is CC(=Cc1ccc2c(c1)C(C)(C)CCS2(=O)=O)c1ccccc1. The van der Waals surface area contributed by atoms with E-state index in [1.54, 1.807) is 6.07 Å². The summed E-state index contributed by atoms with van der Waals surface area (Å²) in [5.41, 5.74) is 4.23. The van der Waals surface area contributed by atoms with Crippen LogP contribution < -0.4 is 0 Å². The van der Waals surface area contributed by atoms with Crippen molar-refractivity contribution >= 4 is 21.5 Å². The molecule has 0 aliphatic carbocycles.